The molecule has 48 valence electrons. The lowest BCUT2D eigenvalue weighted by Crippen LogP contribution is -1.94. The van der Waals surface area contributed by atoms with Crippen LogP contribution in [-0.4, -0.2) is 0 Å². The van der Waals surface area contributed by atoms with Crippen molar-refractivity contribution in [2.24, 2.45) is 5.73 Å². The van der Waals surface area contributed by atoms with Crippen LogP contribution in [0.5, 0.6) is 0 Å². The molecular weight excluding hydrogens is 225 g/mol. The Morgan fingerprint density at radius 1 is 1.56 bits per heavy atom. The van der Waals surface area contributed by atoms with Crippen molar-refractivity contribution in [2.45, 2.75) is 6.54 Å². The average Bonchev–Trinajstić information content (AvgIpc) is 1.85. The summed E-state index contributed by atoms with van der Waals surface area (Å²) < 4.78 is 15.8. The zero-order valence-electron chi connectivity index (χ0n) is 6.82. The van der Waals surface area contributed by atoms with Crippen molar-refractivity contribution in [3.63, 3.8) is 0 Å². The van der Waals surface area contributed by atoms with Crippen LogP contribution in [0.2, 0.25) is 0 Å². The number of benzene rings is 1. The third kappa shape index (κ3) is 1.95. The van der Waals surface area contributed by atoms with Gasteiger partial charge >= 0.3 is 0 Å². The predicted octanol–water partition coefficient (Wildman–Crippen LogP) is 1.75. The number of hydrogen-bond donors (Lipinski definition) is 1. The minimum absolute atomic E-state index is 0.272. The van der Waals surface area contributed by atoms with Gasteiger partial charge in [-0.15, -0.1) is 0 Å². The Balaban J connectivity index is 3.25. The molecule has 1 nitrogen and oxygen atoms in total. The quantitative estimate of drug-likeness (QED) is 0.737. The van der Waals surface area contributed by atoms with Crippen LogP contribution in [0.3, 0.4) is 0 Å². The summed E-state index contributed by atoms with van der Waals surface area (Å²) in [5.41, 5.74) is 5.98. The fraction of sp³-hybridized carbons (Fsp3) is 0.143. The second kappa shape index (κ2) is 3.17. The van der Waals surface area contributed by atoms with Crippen molar-refractivity contribution in [1.29, 1.82) is 0 Å². The second-order valence-electron chi connectivity index (χ2n) is 1.64. The zero-order valence-corrected chi connectivity index (χ0v) is 6.97. The van der Waals surface area contributed by atoms with Crippen LogP contribution in [-0.2, 0) is 6.54 Å². The van der Waals surface area contributed by atoms with Crippen molar-refractivity contribution in [2.75, 3.05) is 0 Å². The first-order valence-electron chi connectivity index (χ1n) is 3.61. The highest BCUT2D eigenvalue weighted by Crippen LogP contribution is 2.05. The largest absolute Gasteiger partial charge is 0.326 e. The molecular formula is C7H8IN. The van der Waals surface area contributed by atoms with Gasteiger partial charge < -0.3 is 5.73 Å². The third-order valence-electron chi connectivity index (χ3n) is 0.973. The lowest BCUT2D eigenvalue weighted by Gasteiger charge is -1.93. The van der Waals surface area contributed by atoms with E-state index in [1.165, 1.54) is 0 Å². The molecule has 2 heteroatoms. The molecule has 0 amide bonds. The van der Waals surface area contributed by atoms with Crippen molar-refractivity contribution in [1.82, 2.24) is 0 Å². The Morgan fingerprint density at radius 3 is 2.56 bits per heavy atom. The van der Waals surface area contributed by atoms with Gasteiger partial charge in [-0.2, -0.15) is 0 Å². The SMILES string of the molecule is [2H]c1cc(I)cc([2H])c1CN. The van der Waals surface area contributed by atoms with E-state index in [0.717, 1.165) is 3.57 Å². The van der Waals surface area contributed by atoms with E-state index in [2.05, 4.69) is 22.6 Å². The predicted molar refractivity (Wildman–Crippen MR) is 47.1 cm³/mol. The molecule has 0 heterocycles. The first-order chi connectivity index (χ1) is 5.15. The number of hydrogen-bond acceptors (Lipinski definition) is 1. The maximum atomic E-state index is 7.45. The molecule has 1 rings (SSSR count). The van der Waals surface area contributed by atoms with E-state index in [4.69, 9.17) is 8.48 Å². The van der Waals surface area contributed by atoms with Gasteiger partial charge in [0.15, 0.2) is 0 Å². The normalized spacial score (nSPS) is 12.7. The molecule has 1 aromatic rings. The standard InChI is InChI=1S/C7H8IN/c8-7-3-1-6(5-9)2-4-7/h1-4H,5,9H2/i1D,2D. The van der Waals surface area contributed by atoms with E-state index in [0.29, 0.717) is 17.6 Å². The van der Waals surface area contributed by atoms with Crippen LogP contribution in [0.1, 0.15) is 8.30 Å². The van der Waals surface area contributed by atoms with Gasteiger partial charge in [-0.1, -0.05) is 12.1 Å². The molecule has 0 radical (unpaired) electrons. The summed E-state index contributed by atoms with van der Waals surface area (Å²) in [6, 6.07) is 4.15. The highest BCUT2D eigenvalue weighted by atomic mass is 127. The summed E-state index contributed by atoms with van der Waals surface area (Å²) in [5.74, 6) is 0. The van der Waals surface area contributed by atoms with E-state index in [1.807, 2.05) is 0 Å². The molecule has 0 saturated carbocycles. The van der Waals surface area contributed by atoms with Gasteiger partial charge in [0.2, 0.25) is 0 Å². The van der Waals surface area contributed by atoms with Crippen LogP contribution in [0, 0.1) is 3.57 Å². The smallest absolute Gasteiger partial charge is 0.0626 e. The van der Waals surface area contributed by atoms with E-state index < -0.39 is 0 Å². The Kier molecular flexibility index (Phi) is 1.65. The fourth-order valence-electron chi connectivity index (χ4n) is 0.513. The summed E-state index contributed by atoms with van der Waals surface area (Å²) in [6.07, 6.45) is 0. The minimum atomic E-state index is 0.272. The highest BCUT2D eigenvalue weighted by Gasteiger charge is 1.86. The maximum Gasteiger partial charge on any atom is 0.0626 e. The van der Waals surface area contributed by atoms with Gasteiger partial charge in [-0.05, 0) is 40.3 Å². The van der Waals surface area contributed by atoms with Crippen LogP contribution in [0.4, 0.5) is 0 Å². The van der Waals surface area contributed by atoms with E-state index in [-0.39, 0.29) is 6.54 Å². The van der Waals surface area contributed by atoms with Gasteiger partial charge in [0, 0.05) is 10.1 Å². The first kappa shape index (κ1) is 4.68. The molecule has 0 aliphatic carbocycles. The van der Waals surface area contributed by atoms with Gasteiger partial charge in [-0.25, -0.2) is 0 Å². The van der Waals surface area contributed by atoms with E-state index in [9.17, 15) is 0 Å². The summed E-state index contributed by atoms with van der Waals surface area (Å²) in [6.45, 7) is 0.272. The Bertz CT molecular complexity index is 252. The molecule has 0 aliphatic rings. The summed E-state index contributed by atoms with van der Waals surface area (Å²) in [7, 11) is 0. The maximum absolute atomic E-state index is 7.45. The number of nitrogens with two attached hydrogens (primary N) is 1. The number of halogens is 1. The topological polar surface area (TPSA) is 26.0 Å². The van der Waals surface area contributed by atoms with Crippen LogP contribution >= 0.6 is 22.6 Å². The number of rotatable bonds is 1. The lowest BCUT2D eigenvalue weighted by atomic mass is 10.2. The average molecular weight is 235 g/mol. The molecule has 0 atom stereocenters. The van der Waals surface area contributed by atoms with Crippen LogP contribution in [0.25, 0.3) is 0 Å². The van der Waals surface area contributed by atoms with Crippen molar-refractivity contribution in [3.8, 4) is 0 Å². The summed E-state index contributed by atoms with van der Waals surface area (Å²) >= 11 is 2.08. The summed E-state index contributed by atoms with van der Waals surface area (Å²) in [4.78, 5) is 0. The molecule has 0 unspecified atom stereocenters. The van der Waals surface area contributed by atoms with Gasteiger partial charge in [0.25, 0.3) is 0 Å². The summed E-state index contributed by atoms with van der Waals surface area (Å²) in [5, 5.41) is 0. The molecule has 0 saturated heterocycles. The lowest BCUT2D eigenvalue weighted by molar-refractivity contribution is 1.07. The van der Waals surface area contributed by atoms with Gasteiger partial charge in [0.1, 0.15) is 0 Å². The molecule has 1 aromatic carbocycles. The fourth-order valence-corrected chi connectivity index (χ4v) is 0.825. The Labute approximate surface area is 71.2 Å². The third-order valence-corrected chi connectivity index (χ3v) is 1.60. The molecule has 0 spiro atoms. The van der Waals surface area contributed by atoms with Crippen LogP contribution < -0.4 is 5.73 Å². The van der Waals surface area contributed by atoms with Gasteiger partial charge in [0.05, 0.1) is 2.74 Å². The molecule has 0 fully saturated rings. The monoisotopic (exact) mass is 235 g/mol. The Morgan fingerprint density at radius 2 is 2.11 bits per heavy atom. The van der Waals surface area contributed by atoms with Crippen molar-refractivity contribution in [3.05, 3.63) is 33.4 Å². The second-order valence-corrected chi connectivity index (χ2v) is 2.89. The van der Waals surface area contributed by atoms with Gasteiger partial charge in [-0.3, -0.25) is 0 Å². The molecule has 2 N–H and O–H groups in total. The molecule has 0 aromatic heterocycles. The first-order valence-corrected chi connectivity index (χ1v) is 3.68. The molecule has 0 bridgehead atoms. The van der Waals surface area contributed by atoms with Crippen LogP contribution in [0.15, 0.2) is 24.2 Å². The van der Waals surface area contributed by atoms with E-state index >= 15 is 0 Å². The van der Waals surface area contributed by atoms with E-state index in [1.54, 1.807) is 12.1 Å². The molecule has 0 aliphatic heterocycles. The Hall–Kier alpha value is -0.0900. The molecule has 9 heavy (non-hydrogen) atoms. The van der Waals surface area contributed by atoms with Crippen molar-refractivity contribution >= 4 is 22.6 Å². The minimum Gasteiger partial charge on any atom is -0.326 e. The zero-order chi connectivity index (χ0) is 8.43. The van der Waals surface area contributed by atoms with Crippen molar-refractivity contribution < 1.29 is 2.74 Å². The highest BCUT2D eigenvalue weighted by molar-refractivity contribution is 14.1.